The molecule has 1 heterocycles. The third-order valence-corrected chi connectivity index (χ3v) is 2.39. The van der Waals surface area contributed by atoms with Gasteiger partial charge < -0.3 is 10.1 Å². The molecule has 0 unspecified atom stereocenters. The lowest BCUT2D eigenvalue weighted by atomic mass is 10.2. The second-order valence-corrected chi connectivity index (χ2v) is 3.76. The normalized spacial score (nSPS) is 9.60. The first kappa shape index (κ1) is 13.5. The SMILES string of the molecule is N#CCOc1ccccc1NC(=O)c1ccc(F)cn1. The third kappa shape index (κ3) is 3.29. The number of nitriles is 1. The Morgan fingerprint density at radius 1 is 1.35 bits per heavy atom. The molecule has 0 saturated heterocycles. The lowest BCUT2D eigenvalue weighted by Crippen LogP contribution is -2.14. The number of aromatic nitrogens is 1. The van der Waals surface area contributed by atoms with Crippen LogP contribution in [0.5, 0.6) is 5.75 Å². The van der Waals surface area contributed by atoms with E-state index in [1.807, 2.05) is 6.07 Å². The van der Waals surface area contributed by atoms with Gasteiger partial charge in [0.1, 0.15) is 23.3 Å². The van der Waals surface area contributed by atoms with E-state index in [9.17, 15) is 9.18 Å². The molecule has 1 N–H and O–H groups in total. The number of benzene rings is 1. The minimum Gasteiger partial charge on any atom is -0.477 e. The van der Waals surface area contributed by atoms with E-state index in [4.69, 9.17) is 10.00 Å². The molecule has 20 heavy (non-hydrogen) atoms. The number of nitrogens with one attached hydrogen (secondary N) is 1. The molecule has 0 spiro atoms. The van der Waals surface area contributed by atoms with Crippen molar-refractivity contribution in [1.29, 1.82) is 5.26 Å². The number of hydrogen-bond donors (Lipinski definition) is 1. The van der Waals surface area contributed by atoms with E-state index in [0.717, 1.165) is 12.3 Å². The van der Waals surface area contributed by atoms with Crippen molar-refractivity contribution in [3.8, 4) is 11.8 Å². The highest BCUT2D eigenvalue weighted by Crippen LogP contribution is 2.24. The number of anilines is 1. The molecule has 0 fully saturated rings. The van der Waals surface area contributed by atoms with Gasteiger partial charge in [-0.1, -0.05) is 12.1 Å². The first-order valence-corrected chi connectivity index (χ1v) is 5.72. The predicted molar refractivity (Wildman–Crippen MR) is 69.7 cm³/mol. The average molecular weight is 271 g/mol. The summed E-state index contributed by atoms with van der Waals surface area (Å²) in [5.41, 5.74) is 0.500. The number of para-hydroxylation sites is 2. The molecule has 1 amide bonds. The molecule has 0 aliphatic carbocycles. The molecule has 5 nitrogen and oxygen atoms in total. The van der Waals surface area contributed by atoms with Crippen molar-refractivity contribution in [3.05, 3.63) is 54.1 Å². The van der Waals surface area contributed by atoms with Crippen LogP contribution in [0.4, 0.5) is 10.1 Å². The summed E-state index contributed by atoms with van der Waals surface area (Å²) < 4.78 is 17.9. The van der Waals surface area contributed by atoms with Crippen LogP contribution in [0.2, 0.25) is 0 Å². The number of halogens is 1. The zero-order valence-corrected chi connectivity index (χ0v) is 10.3. The quantitative estimate of drug-likeness (QED) is 0.926. The molecular formula is C14H10FN3O2. The van der Waals surface area contributed by atoms with Crippen LogP contribution in [0.1, 0.15) is 10.5 Å². The van der Waals surface area contributed by atoms with E-state index >= 15 is 0 Å². The minimum absolute atomic E-state index is 0.0847. The lowest BCUT2D eigenvalue weighted by Gasteiger charge is -2.10. The number of amides is 1. The maximum atomic E-state index is 12.7. The van der Waals surface area contributed by atoms with Crippen LogP contribution < -0.4 is 10.1 Å². The van der Waals surface area contributed by atoms with Gasteiger partial charge in [-0.15, -0.1) is 0 Å². The van der Waals surface area contributed by atoms with Gasteiger partial charge in [0.05, 0.1) is 11.9 Å². The van der Waals surface area contributed by atoms with Crippen LogP contribution in [0, 0.1) is 17.1 Å². The zero-order valence-electron chi connectivity index (χ0n) is 10.3. The highest BCUT2D eigenvalue weighted by Gasteiger charge is 2.10. The van der Waals surface area contributed by atoms with E-state index in [2.05, 4.69) is 10.3 Å². The monoisotopic (exact) mass is 271 g/mol. The van der Waals surface area contributed by atoms with Gasteiger partial charge in [-0.25, -0.2) is 9.37 Å². The third-order valence-electron chi connectivity index (χ3n) is 2.39. The molecule has 0 aliphatic rings. The summed E-state index contributed by atoms with van der Waals surface area (Å²) in [6.07, 6.45) is 0.965. The first-order chi connectivity index (χ1) is 9.70. The maximum Gasteiger partial charge on any atom is 0.274 e. The second-order valence-electron chi connectivity index (χ2n) is 3.76. The first-order valence-electron chi connectivity index (χ1n) is 5.72. The van der Waals surface area contributed by atoms with Gasteiger partial charge in [-0.2, -0.15) is 5.26 Å². The summed E-state index contributed by atoms with van der Waals surface area (Å²) in [5.74, 6) is -0.623. The van der Waals surface area contributed by atoms with Crippen molar-refractivity contribution in [2.45, 2.75) is 0 Å². The molecule has 2 rings (SSSR count). The molecular weight excluding hydrogens is 261 g/mol. The number of ether oxygens (including phenoxy) is 1. The summed E-state index contributed by atoms with van der Waals surface area (Å²) in [4.78, 5) is 15.6. The summed E-state index contributed by atoms with van der Waals surface area (Å²) in [6, 6.07) is 11.0. The van der Waals surface area contributed by atoms with Crippen LogP contribution in [-0.4, -0.2) is 17.5 Å². The molecule has 100 valence electrons. The number of carbonyl (C=O) groups excluding carboxylic acids is 1. The van der Waals surface area contributed by atoms with E-state index in [-0.39, 0.29) is 12.3 Å². The fraction of sp³-hybridized carbons (Fsp3) is 0.0714. The Balaban J connectivity index is 2.15. The van der Waals surface area contributed by atoms with Crippen molar-refractivity contribution in [2.75, 3.05) is 11.9 Å². The fourth-order valence-corrected chi connectivity index (χ4v) is 1.50. The van der Waals surface area contributed by atoms with Crippen LogP contribution in [0.3, 0.4) is 0 Å². The zero-order chi connectivity index (χ0) is 14.4. The smallest absolute Gasteiger partial charge is 0.274 e. The summed E-state index contributed by atoms with van der Waals surface area (Å²) in [6.45, 7) is -0.123. The van der Waals surface area contributed by atoms with Crippen LogP contribution in [-0.2, 0) is 0 Å². The number of carbonyl (C=O) groups is 1. The minimum atomic E-state index is -0.515. The molecule has 0 bridgehead atoms. The topological polar surface area (TPSA) is 75.0 Å². The van der Waals surface area contributed by atoms with Crippen LogP contribution in [0.25, 0.3) is 0 Å². The van der Waals surface area contributed by atoms with Crippen LogP contribution in [0.15, 0.2) is 42.6 Å². The van der Waals surface area contributed by atoms with Crippen molar-refractivity contribution >= 4 is 11.6 Å². The largest absolute Gasteiger partial charge is 0.477 e. The molecule has 1 aromatic heterocycles. The van der Waals surface area contributed by atoms with Crippen molar-refractivity contribution < 1.29 is 13.9 Å². The summed E-state index contributed by atoms with van der Waals surface area (Å²) >= 11 is 0. The number of rotatable bonds is 4. The number of pyridine rings is 1. The second kappa shape index (κ2) is 6.29. The Labute approximate surface area is 114 Å². The van der Waals surface area contributed by atoms with Gasteiger partial charge in [0.25, 0.3) is 5.91 Å². The van der Waals surface area contributed by atoms with Gasteiger partial charge in [0.15, 0.2) is 6.61 Å². The molecule has 2 aromatic rings. The number of nitrogens with zero attached hydrogens (tertiary/aromatic N) is 2. The molecule has 0 saturated carbocycles. The standard InChI is InChI=1S/C14H10FN3O2/c15-10-5-6-12(17-9-10)14(19)18-11-3-1-2-4-13(11)20-8-7-16/h1-6,9H,8H2,(H,18,19). The van der Waals surface area contributed by atoms with Crippen molar-refractivity contribution in [1.82, 2.24) is 4.98 Å². The van der Waals surface area contributed by atoms with E-state index in [1.54, 1.807) is 24.3 Å². The van der Waals surface area contributed by atoms with Gasteiger partial charge in [-0.3, -0.25) is 4.79 Å². The van der Waals surface area contributed by atoms with E-state index in [1.165, 1.54) is 6.07 Å². The van der Waals surface area contributed by atoms with Gasteiger partial charge in [-0.05, 0) is 24.3 Å². The van der Waals surface area contributed by atoms with E-state index in [0.29, 0.717) is 11.4 Å². The Bertz CT molecular complexity index is 650. The summed E-state index contributed by atoms with van der Waals surface area (Å²) in [7, 11) is 0. The lowest BCUT2D eigenvalue weighted by molar-refractivity contribution is 0.102. The maximum absolute atomic E-state index is 12.7. The Morgan fingerprint density at radius 3 is 2.85 bits per heavy atom. The van der Waals surface area contributed by atoms with Crippen molar-refractivity contribution in [2.24, 2.45) is 0 Å². The highest BCUT2D eigenvalue weighted by atomic mass is 19.1. The van der Waals surface area contributed by atoms with Gasteiger partial charge in [0.2, 0.25) is 0 Å². The van der Waals surface area contributed by atoms with Crippen molar-refractivity contribution in [3.63, 3.8) is 0 Å². The van der Waals surface area contributed by atoms with Gasteiger partial charge >= 0.3 is 0 Å². The molecule has 1 aromatic carbocycles. The Hall–Kier alpha value is -2.94. The molecule has 6 heteroatoms. The Kier molecular flexibility index (Phi) is 4.24. The highest BCUT2D eigenvalue weighted by molar-refractivity contribution is 6.03. The summed E-state index contributed by atoms with van der Waals surface area (Å²) in [5, 5.41) is 11.1. The van der Waals surface area contributed by atoms with E-state index < -0.39 is 11.7 Å². The predicted octanol–water partition coefficient (Wildman–Crippen LogP) is 2.38. The average Bonchev–Trinajstić information content (AvgIpc) is 2.47. The fourth-order valence-electron chi connectivity index (χ4n) is 1.50. The Morgan fingerprint density at radius 2 is 2.15 bits per heavy atom. The van der Waals surface area contributed by atoms with Crippen LogP contribution >= 0.6 is 0 Å². The molecule has 0 radical (unpaired) electrons. The molecule has 0 aliphatic heterocycles. The van der Waals surface area contributed by atoms with Gasteiger partial charge in [0, 0.05) is 0 Å². The number of hydrogen-bond acceptors (Lipinski definition) is 4. The molecule has 0 atom stereocenters.